The van der Waals surface area contributed by atoms with Crippen molar-refractivity contribution in [2.24, 2.45) is 0 Å². The molecule has 2 unspecified atom stereocenters. The van der Waals surface area contributed by atoms with E-state index in [9.17, 15) is 0 Å². The number of benzene rings is 1. The van der Waals surface area contributed by atoms with Crippen molar-refractivity contribution in [1.82, 2.24) is 5.32 Å². The fraction of sp³-hybridized carbons (Fsp3) is 0.625. The predicted molar refractivity (Wildman–Crippen MR) is 80.8 cm³/mol. The van der Waals surface area contributed by atoms with Crippen LogP contribution in [-0.2, 0) is 11.2 Å². The van der Waals surface area contributed by atoms with Crippen molar-refractivity contribution in [1.29, 1.82) is 0 Å². The van der Waals surface area contributed by atoms with Gasteiger partial charge in [-0.1, -0.05) is 30.7 Å². The molecule has 2 rings (SSSR count). The third-order valence-electron chi connectivity index (χ3n) is 3.63. The zero-order valence-electron chi connectivity index (χ0n) is 11.7. The van der Waals surface area contributed by atoms with Crippen LogP contribution in [0.4, 0.5) is 0 Å². The molecule has 1 aliphatic heterocycles. The monoisotopic (exact) mass is 281 g/mol. The molecular weight excluding hydrogens is 258 g/mol. The van der Waals surface area contributed by atoms with E-state index in [0.717, 1.165) is 37.4 Å². The van der Waals surface area contributed by atoms with Crippen molar-refractivity contribution < 1.29 is 4.74 Å². The van der Waals surface area contributed by atoms with E-state index < -0.39 is 0 Å². The Morgan fingerprint density at radius 2 is 2.37 bits per heavy atom. The zero-order chi connectivity index (χ0) is 13.5. The summed E-state index contributed by atoms with van der Waals surface area (Å²) < 4.78 is 5.76. The van der Waals surface area contributed by atoms with E-state index in [1.807, 2.05) is 12.1 Å². The van der Waals surface area contributed by atoms with Crippen LogP contribution in [0.1, 0.15) is 38.2 Å². The maximum Gasteiger partial charge on any atom is 0.0590 e. The van der Waals surface area contributed by atoms with Crippen LogP contribution in [0.5, 0.6) is 0 Å². The maximum atomic E-state index is 6.06. The van der Waals surface area contributed by atoms with Gasteiger partial charge in [-0.3, -0.25) is 0 Å². The van der Waals surface area contributed by atoms with Gasteiger partial charge in [-0.05, 0) is 56.3 Å². The second-order valence-electron chi connectivity index (χ2n) is 5.36. The molecule has 0 radical (unpaired) electrons. The number of hydrogen-bond acceptors (Lipinski definition) is 2. The van der Waals surface area contributed by atoms with Crippen molar-refractivity contribution in [3.05, 3.63) is 34.9 Å². The minimum absolute atomic E-state index is 0.438. The SMILES string of the molecule is CCCNC(Cc1cccc(Cl)c1)CC1CCCO1. The fourth-order valence-electron chi connectivity index (χ4n) is 2.68. The minimum atomic E-state index is 0.438. The normalized spacial score (nSPS) is 20.6. The highest BCUT2D eigenvalue weighted by Gasteiger charge is 2.20. The molecule has 2 nitrogen and oxygen atoms in total. The van der Waals surface area contributed by atoms with Gasteiger partial charge in [0.15, 0.2) is 0 Å². The van der Waals surface area contributed by atoms with Crippen LogP contribution in [0.3, 0.4) is 0 Å². The fourth-order valence-corrected chi connectivity index (χ4v) is 2.90. The molecule has 2 atom stereocenters. The van der Waals surface area contributed by atoms with Crippen LogP contribution in [0, 0.1) is 0 Å². The van der Waals surface area contributed by atoms with E-state index in [2.05, 4.69) is 24.4 Å². The standard InChI is InChI=1S/C16H24ClNO/c1-2-8-18-15(12-16-7-4-9-19-16)11-13-5-3-6-14(17)10-13/h3,5-6,10,15-16,18H,2,4,7-9,11-12H2,1H3. The van der Waals surface area contributed by atoms with Gasteiger partial charge >= 0.3 is 0 Å². The van der Waals surface area contributed by atoms with Gasteiger partial charge in [0.2, 0.25) is 0 Å². The summed E-state index contributed by atoms with van der Waals surface area (Å²) in [6.45, 7) is 4.20. The average Bonchev–Trinajstić information content (AvgIpc) is 2.89. The molecule has 0 saturated carbocycles. The van der Waals surface area contributed by atoms with Crippen LogP contribution >= 0.6 is 11.6 Å². The Balaban J connectivity index is 1.92. The molecule has 0 aromatic heterocycles. The molecule has 1 heterocycles. The lowest BCUT2D eigenvalue weighted by molar-refractivity contribution is 0.0946. The molecule has 106 valence electrons. The smallest absolute Gasteiger partial charge is 0.0590 e. The molecule has 0 aliphatic carbocycles. The van der Waals surface area contributed by atoms with Gasteiger partial charge in [0.25, 0.3) is 0 Å². The number of hydrogen-bond donors (Lipinski definition) is 1. The van der Waals surface area contributed by atoms with Crippen molar-refractivity contribution >= 4 is 11.6 Å². The molecule has 1 N–H and O–H groups in total. The van der Waals surface area contributed by atoms with Crippen molar-refractivity contribution in [3.63, 3.8) is 0 Å². The summed E-state index contributed by atoms with van der Waals surface area (Å²) >= 11 is 6.06. The van der Waals surface area contributed by atoms with E-state index in [0.29, 0.717) is 12.1 Å². The molecule has 1 fully saturated rings. The van der Waals surface area contributed by atoms with Gasteiger partial charge in [-0.25, -0.2) is 0 Å². The summed E-state index contributed by atoms with van der Waals surface area (Å²) in [7, 11) is 0. The van der Waals surface area contributed by atoms with Crippen molar-refractivity contribution in [2.75, 3.05) is 13.2 Å². The first-order valence-corrected chi connectivity index (χ1v) is 7.75. The number of ether oxygens (including phenoxy) is 1. The minimum Gasteiger partial charge on any atom is -0.378 e. The van der Waals surface area contributed by atoms with Crippen molar-refractivity contribution in [3.8, 4) is 0 Å². The Labute approximate surface area is 121 Å². The molecule has 1 aromatic carbocycles. The van der Waals surface area contributed by atoms with Crippen LogP contribution in [-0.4, -0.2) is 25.3 Å². The summed E-state index contributed by atoms with van der Waals surface area (Å²) in [5.74, 6) is 0. The highest BCUT2D eigenvalue weighted by Crippen LogP contribution is 2.20. The Bertz CT molecular complexity index is 377. The third kappa shape index (κ3) is 5.13. The molecule has 3 heteroatoms. The van der Waals surface area contributed by atoms with Crippen LogP contribution in [0.2, 0.25) is 5.02 Å². The summed E-state index contributed by atoms with van der Waals surface area (Å²) in [5, 5.41) is 4.46. The molecule has 19 heavy (non-hydrogen) atoms. The molecule has 0 spiro atoms. The van der Waals surface area contributed by atoms with Crippen LogP contribution in [0.15, 0.2) is 24.3 Å². The average molecular weight is 282 g/mol. The first kappa shape index (κ1) is 14.8. The molecule has 0 bridgehead atoms. The van der Waals surface area contributed by atoms with E-state index in [-0.39, 0.29) is 0 Å². The van der Waals surface area contributed by atoms with Gasteiger partial charge in [0.05, 0.1) is 6.10 Å². The predicted octanol–water partition coefficient (Wildman–Crippen LogP) is 3.82. The Hall–Kier alpha value is -0.570. The lowest BCUT2D eigenvalue weighted by Gasteiger charge is -2.22. The molecule has 1 saturated heterocycles. The topological polar surface area (TPSA) is 21.3 Å². The number of halogens is 1. The zero-order valence-corrected chi connectivity index (χ0v) is 12.5. The Morgan fingerprint density at radius 1 is 1.47 bits per heavy atom. The van der Waals surface area contributed by atoms with Gasteiger partial charge < -0.3 is 10.1 Å². The summed E-state index contributed by atoms with van der Waals surface area (Å²) in [5.41, 5.74) is 1.30. The van der Waals surface area contributed by atoms with Gasteiger partial charge in [0.1, 0.15) is 0 Å². The van der Waals surface area contributed by atoms with Gasteiger partial charge in [-0.15, -0.1) is 0 Å². The van der Waals surface area contributed by atoms with E-state index in [1.165, 1.54) is 18.4 Å². The number of rotatable bonds is 7. The van der Waals surface area contributed by atoms with Gasteiger partial charge in [-0.2, -0.15) is 0 Å². The summed E-state index contributed by atoms with van der Waals surface area (Å²) in [6, 6.07) is 8.67. The van der Waals surface area contributed by atoms with E-state index in [1.54, 1.807) is 0 Å². The van der Waals surface area contributed by atoms with Crippen LogP contribution < -0.4 is 5.32 Å². The maximum absolute atomic E-state index is 6.06. The summed E-state index contributed by atoms with van der Waals surface area (Å²) in [4.78, 5) is 0. The number of nitrogens with one attached hydrogen (secondary N) is 1. The first-order valence-electron chi connectivity index (χ1n) is 7.37. The second-order valence-corrected chi connectivity index (χ2v) is 5.79. The van der Waals surface area contributed by atoms with Crippen LogP contribution in [0.25, 0.3) is 0 Å². The van der Waals surface area contributed by atoms with Crippen molar-refractivity contribution in [2.45, 2.75) is 51.2 Å². The Kier molecular flexibility index (Phi) is 6.15. The molecule has 0 amide bonds. The van der Waals surface area contributed by atoms with Gasteiger partial charge in [0, 0.05) is 17.7 Å². The lowest BCUT2D eigenvalue weighted by Crippen LogP contribution is -2.35. The molecule has 1 aromatic rings. The Morgan fingerprint density at radius 3 is 3.05 bits per heavy atom. The summed E-state index contributed by atoms with van der Waals surface area (Å²) in [6.07, 6.45) is 6.15. The quantitative estimate of drug-likeness (QED) is 0.820. The largest absolute Gasteiger partial charge is 0.378 e. The van der Waals surface area contributed by atoms with E-state index >= 15 is 0 Å². The second kappa shape index (κ2) is 7.88. The third-order valence-corrected chi connectivity index (χ3v) is 3.86. The first-order chi connectivity index (χ1) is 9.28. The van der Waals surface area contributed by atoms with E-state index in [4.69, 9.17) is 16.3 Å². The highest BCUT2D eigenvalue weighted by molar-refractivity contribution is 6.30. The molecular formula is C16H24ClNO. The highest BCUT2D eigenvalue weighted by atomic mass is 35.5. The molecule has 1 aliphatic rings. The lowest BCUT2D eigenvalue weighted by atomic mass is 9.99.